The molecular formula is C34H31F3N4O4. The van der Waals surface area contributed by atoms with Crippen LogP contribution in [0.5, 0.6) is 5.88 Å². The quantitative estimate of drug-likeness (QED) is 0.217. The maximum Gasteiger partial charge on any atom is 0.335 e. The molecule has 0 aliphatic carbocycles. The van der Waals surface area contributed by atoms with Crippen molar-refractivity contribution < 1.29 is 32.5 Å². The fraction of sp³-hybridized carbons (Fsp3) is 0.265. The van der Waals surface area contributed by atoms with Gasteiger partial charge in [-0.25, -0.2) is 27.9 Å². The Kier molecular flexibility index (Phi) is 8.55. The number of imidazole rings is 1. The van der Waals surface area contributed by atoms with Crippen LogP contribution >= 0.6 is 0 Å². The maximum atomic E-state index is 15.6. The van der Waals surface area contributed by atoms with Crippen LogP contribution in [-0.4, -0.2) is 63.4 Å². The molecule has 0 spiro atoms. The highest BCUT2D eigenvalue weighted by Gasteiger charge is 2.23. The van der Waals surface area contributed by atoms with Crippen molar-refractivity contribution in [3.63, 3.8) is 0 Å². The Morgan fingerprint density at radius 2 is 1.82 bits per heavy atom. The lowest BCUT2D eigenvalue weighted by atomic mass is 10.0. The predicted molar refractivity (Wildman–Crippen MR) is 162 cm³/mol. The van der Waals surface area contributed by atoms with Gasteiger partial charge in [-0.05, 0) is 67.6 Å². The number of hydrogen-bond donors (Lipinski definition) is 1. The van der Waals surface area contributed by atoms with E-state index in [0.29, 0.717) is 42.1 Å². The van der Waals surface area contributed by atoms with Crippen molar-refractivity contribution in [1.29, 1.82) is 0 Å². The molecule has 5 aromatic rings. The summed E-state index contributed by atoms with van der Waals surface area (Å²) in [5.41, 5.74) is 2.54. The summed E-state index contributed by atoms with van der Waals surface area (Å²) in [6.45, 7) is 4.08. The van der Waals surface area contributed by atoms with Gasteiger partial charge in [0, 0.05) is 36.7 Å². The number of morpholine rings is 1. The van der Waals surface area contributed by atoms with Gasteiger partial charge in [-0.3, -0.25) is 0 Å². The van der Waals surface area contributed by atoms with Crippen LogP contribution in [0.1, 0.15) is 32.9 Å². The number of aromatic nitrogens is 3. The number of carbonyl (C=O) groups is 1. The van der Waals surface area contributed by atoms with E-state index in [1.165, 1.54) is 24.3 Å². The van der Waals surface area contributed by atoms with Crippen molar-refractivity contribution in [3.05, 3.63) is 112 Å². The fourth-order valence-electron chi connectivity index (χ4n) is 5.48. The average molecular weight is 617 g/mol. The summed E-state index contributed by atoms with van der Waals surface area (Å²) < 4.78 is 58.8. The second kappa shape index (κ2) is 12.7. The van der Waals surface area contributed by atoms with E-state index in [9.17, 15) is 14.3 Å². The number of nitrogens with zero attached hydrogens (tertiary/aromatic N) is 4. The molecule has 0 radical (unpaired) electrons. The van der Waals surface area contributed by atoms with Crippen molar-refractivity contribution in [2.75, 3.05) is 26.7 Å². The first kappa shape index (κ1) is 30.3. The largest absolute Gasteiger partial charge is 0.478 e. The number of fused-ring (bicyclic) bond motifs is 1. The number of pyridine rings is 1. The molecule has 1 saturated heterocycles. The van der Waals surface area contributed by atoms with E-state index < -0.39 is 23.4 Å². The molecule has 1 aliphatic rings. The number of carboxylic acids is 1. The summed E-state index contributed by atoms with van der Waals surface area (Å²) in [6.07, 6.45) is -0.234. The molecule has 0 amide bonds. The van der Waals surface area contributed by atoms with Crippen LogP contribution in [-0.2, 0) is 24.3 Å². The lowest BCUT2D eigenvalue weighted by Gasteiger charge is -2.30. The van der Waals surface area contributed by atoms with Crippen molar-refractivity contribution in [2.24, 2.45) is 0 Å². The van der Waals surface area contributed by atoms with E-state index in [1.54, 1.807) is 37.3 Å². The minimum Gasteiger partial charge on any atom is -0.478 e. The number of aromatic carboxylic acids is 1. The third-order valence-electron chi connectivity index (χ3n) is 7.87. The molecule has 45 heavy (non-hydrogen) atoms. The molecule has 1 N–H and O–H groups in total. The van der Waals surface area contributed by atoms with E-state index in [2.05, 4.69) is 14.9 Å². The van der Waals surface area contributed by atoms with Crippen LogP contribution in [0.25, 0.3) is 22.3 Å². The van der Waals surface area contributed by atoms with Gasteiger partial charge in [-0.1, -0.05) is 18.2 Å². The summed E-state index contributed by atoms with van der Waals surface area (Å²) >= 11 is 0. The highest BCUT2D eigenvalue weighted by molar-refractivity contribution is 5.92. The molecule has 1 fully saturated rings. The Balaban J connectivity index is 1.28. The second-order valence-electron chi connectivity index (χ2n) is 11.2. The van der Waals surface area contributed by atoms with Gasteiger partial charge in [0.2, 0.25) is 5.88 Å². The van der Waals surface area contributed by atoms with Gasteiger partial charge in [-0.15, -0.1) is 0 Å². The summed E-state index contributed by atoms with van der Waals surface area (Å²) in [5.74, 6) is -2.22. The molecule has 2 aromatic heterocycles. The van der Waals surface area contributed by atoms with E-state index in [0.717, 1.165) is 24.2 Å². The number of aryl methyl sites for hydroxylation is 1. The van der Waals surface area contributed by atoms with Crippen LogP contribution < -0.4 is 4.74 Å². The van der Waals surface area contributed by atoms with Crippen LogP contribution in [0.3, 0.4) is 0 Å². The molecule has 1 aliphatic heterocycles. The fourth-order valence-corrected chi connectivity index (χ4v) is 5.48. The molecule has 232 valence electrons. The van der Waals surface area contributed by atoms with Crippen LogP contribution in [0.4, 0.5) is 13.2 Å². The molecule has 8 nitrogen and oxygen atoms in total. The van der Waals surface area contributed by atoms with Crippen LogP contribution in [0.15, 0.2) is 66.7 Å². The summed E-state index contributed by atoms with van der Waals surface area (Å²) in [7, 11) is 1.99. The average Bonchev–Trinajstić information content (AvgIpc) is 3.34. The minimum atomic E-state index is -1.08. The van der Waals surface area contributed by atoms with E-state index in [1.807, 2.05) is 11.6 Å². The highest BCUT2D eigenvalue weighted by Crippen LogP contribution is 2.29. The number of carboxylic acid groups (broad SMARTS) is 1. The van der Waals surface area contributed by atoms with E-state index in [4.69, 9.17) is 9.47 Å². The lowest BCUT2D eigenvalue weighted by Crippen LogP contribution is -2.42. The van der Waals surface area contributed by atoms with Gasteiger partial charge in [0.25, 0.3) is 0 Å². The van der Waals surface area contributed by atoms with Crippen molar-refractivity contribution in [2.45, 2.75) is 32.6 Å². The number of rotatable bonds is 9. The number of hydrogen-bond acceptors (Lipinski definition) is 6. The standard InChI is InChI=1S/C34H31F3N4O4/c1-20-6-7-22(26(35)12-20)19-45-33-5-3-4-29(39-33)25-16-27(36)23(13-28(25)37)15-32-38-30-9-8-21(34(42)43)14-31(30)41(32)18-24-17-40(2)10-11-44-24/h3-9,12-14,16,24H,10-11,15,17-19H2,1-2H3,(H,42,43)/t24-/m0/s1. The zero-order valence-corrected chi connectivity index (χ0v) is 24.8. The molecular weight excluding hydrogens is 585 g/mol. The first-order valence-corrected chi connectivity index (χ1v) is 14.5. The third kappa shape index (κ3) is 6.69. The van der Waals surface area contributed by atoms with Gasteiger partial charge in [0.05, 0.1) is 41.5 Å². The first-order chi connectivity index (χ1) is 21.6. The van der Waals surface area contributed by atoms with E-state index in [-0.39, 0.29) is 47.4 Å². The maximum absolute atomic E-state index is 15.6. The first-order valence-electron chi connectivity index (χ1n) is 14.5. The van der Waals surface area contributed by atoms with Gasteiger partial charge in [-0.2, -0.15) is 0 Å². The lowest BCUT2D eigenvalue weighted by molar-refractivity contribution is -0.0272. The minimum absolute atomic E-state index is 0.0403. The molecule has 3 heterocycles. The topological polar surface area (TPSA) is 89.7 Å². The Hall–Kier alpha value is -4.74. The SMILES string of the molecule is Cc1ccc(COc2cccc(-c3cc(F)c(Cc4nc5ccc(C(=O)O)cc5n4C[C@@H]4CN(C)CCO4)cc3F)n2)c(F)c1. The Bertz CT molecular complexity index is 1890. The Morgan fingerprint density at radius 3 is 2.60 bits per heavy atom. The van der Waals surface area contributed by atoms with Crippen molar-refractivity contribution in [3.8, 4) is 17.1 Å². The van der Waals surface area contributed by atoms with Gasteiger partial charge in [0.15, 0.2) is 0 Å². The number of halogens is 3. The van der Waals surface area contributed by atoms with Gasteiger partial charge < -0.3 is 24.0 Å². The monoisotopic (exact) mass is 616 g/mol. The Labute approximate surface area is 257 Å². The normalized spacial score (nSPS) is 15.4. The molecule has 0 unspecified atom stereocenters. The predicted octanol–water partition coefficient (Wildman–Crippen LogP) is 6.02. The molecule has 0 saturated carbocycles. The van der Waals surface area contributed by atoms with E-state index >= 15 is 8.78 Å². The van der Waals surface area contributed by atoms with Crippen molar-refractivity contribution in [1.82, 2.24) is 19.4 Å². The number of ether oxygens (including phenoxy) is 2. The number of benzene rings is 3. The summed E-state index contributed by atoms with van der Waals surface area (Å²) in [4.78, 5) is 22.8. The third-order valence-corrected chi connectivity index (χ3v) is 7.87. The van der Waals surface area contributed by atoms with Gasteiger partial charge in [0.1, 0.15) is 29.9 Å². The molecule has 1 atom stereocenters. The highest BCUT2D eigenvalue weighted by atomic mass is 19.1. The smallest absolute Gasteiger partial charge is 0.335 e. The van der Waals surface area contributed by atoms with Crippen molar-refractivity contribution >= 4 is 17.0 Å². The molecule has 3 aromatic carbocycles. The molecule has 11 heteroatoms. The van der Waals surface area contributed by atoms with Crippen LogP contribution in [0.2, 0.25) is 0 Å². The number of likely N-dealkylation sites (N-methyl/N-ethyl adjacent to an activating group) is 1. The van der Waals surface area contributed by atoms with Gasteiger partial charge >= 0.3 is 5.97 Å². The summed E-state index contributed by atoms with van der Waals surface area (Å²) in [6, 6.07) is 16.3. The van der Waals surface area contributed by atoms with Crippen LogP contribution in [0, 0.1) is 24.4 Å². The summed E-state index contributed by atoms with van der Waals surface area (Å²) in [5, 5.41) is 9.56. The Morgan fingerprint density at radius 1 is 1.00 bits per heavy atom. The molecule has 6 rings (SSSR count). The second-order valence-corrected chi connectivity index (χ2v) is 11.2. The molecule has 0 bridgehead atoms. The zero-order valence-electron chi connectivity index (χ0n) is 24.8. The zero-order chi connectivity index (χ0) is 31.7.